The first kappa shape index (κ1) is 12.6. The van der Waals surface area contributed by atoms with E-state index >= 15 is 0 Å². The van der Waals surface area contributed by atoms with Gasteiger partial charge in [0.15, 0.2) is 6.23 Å². The molecule has 0 spiro atoms. The van der Waals surface area contributed by atoms with Crippen LogP contribution in [0.1, 0.15) is 25.5 Å². The molecule has 1 fully saturated rings. The summed E-state index contributed by atoms with van der Waals surface area (Å²) in [4.78, 5) is 10.5. The van der Waals surface area contributed by atoms with Gasteiger partial charge in [-0.25, -0.2) is 4.68 Å². The fourth-order valence-corrected chi connectivity index (χ4v) is 2.88. The zero-order valence-electron chi connectivity index (χ0n) is 10.1. The highest BCUT2D eigenvalue weighted by Crippen LogP contribution is 2.32. The van der Waals surface area contributed by atoms with Crippen molar-refractivity contribution in [2.45, 2.75) is 25.5 Å². The maximum Gasteiger partial charge on any atom is 0.272 e. The number of non-ortho nitro benzene ring substituents is 1. The third-order valence-electron chi connectivity index (χ3n) is 3.29. The summed E-state index contributed by atoms with van der Waals surface area (Å²) in [6.45, 7) is 0.710. The van der Waals surface area contributed by atoms with Gasteiger partial charge in [0.05, 0.1) is 16.6 Å². The highest BCUT2D eigenvalue weighted by Gasteiger charge is 2.21. The van der Waals surface area contributed by atoms with Gasteiger partial charge < -0.3 is 4.74 Å². The first-order valence-corrected chi connectivity index (χ1v) is 6.89. The van der Waals surface area contributed by atoms with Crippen molar-refractivity contribution < 1.29 is 9.66 Å². The standard InChI is InChI=1S/C12H12BrN3O3/c13-10-5-8(16(17)18)6-11-9(10)7-14-15(11)12-3-1-2-4-19-12/h5-7,12H,1-4H2. The first-order chi connectivity index (χ1) is 9.16. The van der Waals surface area contributed by atoms with Crippen molar-refractivity contribution in [3.8, 4) is 0 Å². The summed E-state index contributed by atoms with van der Waals surface area (Å²) >= 11 is 3.35. The summed E-state index contributed by atoms with van der Waals surface area (Å²) in [5, 5.41) is 16.1. The van der Waals surface area contributed by atoms with Crippen LogP contribution in [0, 0.1) is 10.1 Å². The van der Waals surface area contributed by atoms with Crippen LogP contribution in [0.25, 0.3) is 10.9 Å². The molecule has 1 aliphatic rings. The van der Waals surface area contributed by atoms with E-state index in [0.717, 1.165) is 30.2 Å². The van der Waals surface area contributed by atoms with E-state index < -0.39 is 4.92 Å². The van der Waals surface area contributed by atoms with Crippen molar-refractivity contribution >= 4 is 32.5 Å². The zero-order valence-corrected chi connectivity index (χ0v) is 11.7. The lowest BCUT2D eigenvalue weighted by molar-refractivity contribution is -0.384. The Hall–Kier alpha value is -1.47. The van der Waals surface area contributed by atoms with E-state index in [4.69, 9.17) is 4.74 Å². The van der Waals surface area contributed by atoms with Gasteiger partial charge in [-0.15, -0.1) is 0 Å². The zero-order chi connectivity index (χ0) is 13.4. The lowest BCUT2D eigenvalue weighted by Crippen LogP contribution is -2.18. The summed E-state index contributed by atoms with van der Waals surface area (Å²) < 4.78 is 8.11. The quantitative estimate of drug-likeness (QED) is 0.626. The van der Waals surface area contributed by atoms with E-state index in [0.29, 0.717) is 11.1 Å². The molecule has 0 bridgehead atoms. The normalized spacial score (nSPS) is 19.7. The molecule has 1 aromatic carbocycles. The Morgan fingerprint density at radius 1 is 1.47 bits per heavy atom. The fourth-order valence-electron chi connectivity index (χ4n) is 2.34. The molecule has 6 nitrogen and oxygen atoms in total. The molecule has 1 unspecified atom stereocenters. The number of aromatic nitrogens is 2. The van der Waals surface area contributed by atoms with Gasteiger partial charge in [0.2, 0.25) is 0 Å². The van der Waals surface area contributed by atoms with Gasteiger partial charge in [0.25, 0.3) is 5.69 Å². The van der Waals surface area contributed by atoms with Crippen molar-refractivity contribution in [3.63, 3.8) is 0 Å². The number of nitrogens with zero attached hydrogens (tertiary/aromatic N) is 3. The molecule has 0 amide bonds. The third-order valence-corrected chi connectivity index (χ3v) is 3.95. The summed E-state index contributed by atoms with van der Waals surface area (Å²) in [7, 11) is 0. The van der Waals surface area contributed by atoms with Crippen LogP contribution in [0.5, 0.6) is 0 Å². The Bertz CT molecular complexity index is 634. The molecule has 0 N–H and O–H groups in total. The number of hydrogen-bond donors (Lipinski definition) is 0. The number of nitro groups is 1. The molecule has 1 aliphatic heterocycles. The van der Waals surface area contributed by atoms with Crippen molar-refractivity contribution in [1.82, 2.24) is 9.78 Å². The van der Waals surface area contributed by atoms with Gasteiger partial charge >= 0.3 is 0 Å². The lowest BCUT2D eigenvalue weighted by atomic mass is 10.2. The van der Waals surface area contributed by atoms with Crippen LogP contribution in [0.4, 0.5) is 5.69 Å². The van der Waals surface area contributed by atoms with Crippen LogP contribution >= 0.6 is 15.9 Å². The van der Waals surface area contributed by atoms with Crippen LogP contribution in [0.15, 0.2) is 22.8 Å². The largest absolute Gasteiger partial charge is 0.356 e. The van der Waals surface area contributed by atoms with Crippen LogP contribution in [0.3, 0.4) is 0 Å². The molecule has 2 heterocycles. The van der Waals surface area contributed by atoms with E-state index in [1.807, 2.05) is 0 Å². The second kappa shape index (κ2) is 4.90. The Kier molecular flexibility index (Phi) is 3.24. The molecule has 100 valence electrons. The van der Waals surface area contributed by atoms with E-state index in [1.54, 1.807) is 16.9 Å². The summed E-state index contributed by atoms with van der Waals surface area (Å²) in [5.41, 5.74) is 0.782. The number of fused-ring (bicyclic) bond motifs is 1. The second-order valence-electron chi connectivity index (χ2n) is 4.53. The Morgan fingerprint density at radius 2 is 2.32 bits per heavy atom. The maximum atomic E-state index is 10.9. The van der Waals surface area contributed by atoms with E-state index in [2.05, 4.69) is 21.0 Å². The van der Waals surface area contributed by atoms with Gasteiger partial charge in [0, 0.05) is 28.6 Å². The molecule has 7 heteroatoms. The predicted molar refractivity (Wildman–Crippen MR) is 72.9 cm³/mol. The molecule has 0 aliphatic carbocycles. The van der Waals surface area contributed by atoms with Gasteiger partial charge in [-0.2, -0.15) is 5.10 Å². The Morgan fingerprint density at radius 3 is 3.00 bits per heavy atom. The minimum absolute atomic E-state index is 0.0527. The number of rotatable bonds is 2. The predicted octanol–water partition coefficient (Wildman–Crippen LogP) is 3.41. The van der Waals surface area contributed by atoms with Crippen molar-refractivity contribution in [1.29, 1.82) is 0 Å². The number of halogens is 1. The highest BCUT2D eigenvalue weighted by atomic mass is 79.9. The van der Waals surface area contributed by atoms with Crippen molar-refractivity contribution in [3.05, 3.63) is 32.9 Å². The molecular formula is C12H12BrN3O3. The fraction of sp³-hybridized carbons (Fsp3) is 0.417. The molecular weight excluding hydrogens is 314 g/mol. The average Bonchev–Trinajstić information content (AvgIpc) is 2.84. The van der Waals surface area contributed by atoms with Crippen LogP contribution in [-0.2, 0) is 4.74 Å². The van der Waals surface area contributed by atoms with Crippen LogP contribution in [-0.4, -0.2) is 21.3 Å². The van der Waals surface area contributed by atoms with E-state index in [9.17, 15) is 10.1 Å². The number of hydrogen-bond acceptors (Lipinski definition) is 4. The maximum absolute atomic E-state index is 10.9. The molecule has 0 saturated carbocycles. The Labute approximate surface area is 117 Å². The minimum atomic E-state index is -0.400. The van der Waals surface area contributed by atoms with E-state index in [1.165, 1.54) is 6.07 Å². The molecule has 2 aromatic rings. The van der Waals surface area contributed by atoms with Gasteiger partial charge in [-0.05, 0) is 35.2 Å². The van der Waals surface area contributed by atoms with Gasteiger partial charge in [-0.1, -0.05) is 0 Å². The molecule has 1 atom stereocenters. The topological polar surface area (TPSA) is 70.2 Å². The molecule has 19 heavy (non-hydrogen) atoms. The SMILES string of the molecule is O=[N+]([O-])c1cc(Br)c2cnn(C3CCCCO3)c2c1. The molecule has 1 saturated heterocycles. The minimum Gasteiger partial charge on any atom is -0.356 e. The van der Waals surface area contributed by atoms with Crippen LogP contribution < -0.4 is 0 Å². The van der Waals surface area contributed by atoms with Crippen molar-refractivity contribution in [2.75, 3.05) is 6.61 Å². The number of ether oxygens (including phenoxy) is 1. The molecule has 0 radical (unpaired) electrons. The monoisotopic (exact) mass is 325 g/mol. The molecule has 1 aromatic heterocycles. The third kappa shape index (κ3) is 2.23. The molecule has 3 rings (SSSR count). The summed E-state index contributed by atoms with van der Waals surface area (Å²) in [6.07, 6.45) is 4.61. The van der Waals surface area contributed by atoms with Gasteiger partial charge in [-0.3, -0.25) is 10.1 Å². The number of nitro benzene ring substituents is 1. The average molecular weight is 326 g/mol. The van der Waals surface area contributed by atoms with E-state index in [-0.39, 0.29) is 11.9 Å². The van der Waals surface area contributed by atoms with Crippen molar-refractivity contribution in [2.24, 2.45) is 0 Å². The summed E-state index contributed by atoms with van der Waals surface area (Å²) in [6, 6.07) is 3.04. The first-order valence-electron chi connectivity index (χ1n) is 6.09. The smallest absolute Gasteiger partial charge is 0.272 e. The second-order valence-corrected chi connectivity index (χ2v) is 5.38. The summed E-state index contributed by atoms with van der Waals surface area (Å²) in [5.74, 6) is 0. The van der Waals surface area contributed by atoms with Crippen LogP contribution in [0.2, 0.25) is 0 Å². The van der Waals surface area contributed by atoms with Gasteiger partial charge in [0.1, 0.15) is 0 Å². The number of benzene rings is 1. The lowest BCUT2D eigenvalue weighted by Gasteiger charge is -2.23. The Balaban J connectivity index is 2.12. The highest BCUT2D eigenvalue weighted by molar-refractivity contribution is 9.10.